The summed E-state index contributed by atoms with van der Waals surface area (Å²) in [6.07, 6.45) is 1.70. The molecule has 2 heterocycles. The molecule has 29 heavy (non-hydrogen) atoms. The average molecular weight is 459 g/mol. The van der Waals surface area contributed by atoms with Crippen molar-refractivity contribution in [2.75, 3.05) is 24.6 Å². The number of anilines is 1. The first-order valence-corrected chi connectivity index (χ1v) is 10.3. The van der Waals surface area contributed by atoms with Crippen molar-refractivity contribution in [1.29, 1.82) is 0 Å². The number of aliphatic hydroxyl groups excluding tert-OH is 1. The van der Waals surface area contributed by atoms with Crippen molar-refractivity contribution in [2.24, 2.45) is 5.92 Å². The normalized spacial score (nSPS) is 20.0. The third-order valence-electron chi connectivity index (χ3n) is 5.37. The Morgan fingerprint density at radius 2 is 1.72 bits per heavy atom. The second kappa shape index (κ2) is 8.08. The van der Waals surface area contributed by atoms with Gasteiger partial charge in [0.15, 0.2) is 0 Å². The molecule has 2 aliphatic heterocycles. The maximum atomic E-state index is 13.5. The summed E-state index contributed by atoms with van der Waals surface area (Å²) in [5, 5.41) is 9.59. The van der Waals surface area contributed by atoms with Crippen molar-refractivity contribution in [3.63, 3.8) is 0 Å². The standard InChI is InChI=1S/C22H20BrFN2O3/c23-16-5-9-18(10-6-16)26-21(28)19(15-3-7-17(24)8-4-15)20(22(26)29)25-11-1-2-14(12-25)13-27/h3-10,14,27H,1-2,11-13H2. The maximum Gasteiger partial charge on any atom is 0.282 e. The SMILES string of the molecule is O=C1C(c2ccc(F)cc2)=C(N2CCCC(CO)C2)C(=O)N1c1ccc(Br)cc1. The molecule has 0 saturated carbocycles. The van der Waals surface area contributed by atoms with Gasteiger partial charge in [0.25, 0.3) is 11.8 Å². The van der Waals surface area contributed by atoms with Gasteiger partial charge in [0.05, 0.1) is 11.3 Å². The number of hydrogen-bond acceptors (Lipinski definition) is 4. The van der Waals surface area contributed by atoms with E-state index in [2.05, 4.69) is 15.9 Å². The molecule has 2 amide bonds. The topological polar surface area (TPSA) is 60.9 Å². The van der Waals surface area contributed by atoms with Crippen molar-refractivity contribution in [3.8, 4) is 0 Å². The first kappa shape index (κ1) is 19.8. The molecule has 0 radical (unpaired) electrons. The number of amides is 2. The third-order valence-corrected chi connectivity index (χ3v) is 5.90. The van der Waals surface area contributed by atoms with Crippen molar-refractivity contribution in [2.45, 2.75) is 12.8 Å². The summed E-state index contributed by atoms with van der Waals surface area (Å²) in [6, 6.07) is 12.6. The molecule has 0 spiro atoms. The molecule has 2 aromatic carbocycles. The fourth-order valence-electron chi connectivity index (χ4n) is 3.93. The molecule has 1 unspecified atom stereocenters. The highest BCUT2D eigenvalue weighted by atomic mass is 79.9. The van der Waals surface area contributed by atoms with Gasteiger partial charge < -0.3 is 10.0 Å². The summed E-state index contributed by atoms with van der Waals surface area (Å²) in [5.74, 6) is -1.17. The molecule has 1 fully saturated rings. The molecule has 150 valence electrons. The summed E-state index contributed by atoms with van der Waals surface area (Å²) in [7, 11) is 0. The lowest BCUT2D eigenvalue weighted by molar-refractivity contribution is -0.120. The Labute approximate surface area is 176 Å². The molecule has 0 bridgehead atoms. The maximum absolute atomic E-state index is 13.5. The predicted molar refractivity (Wildman–Crippen MR) is 111 cm³/mol. The van der Waals surface area contributed by atoms with Crippen LogP contribution < -0.4 is 4.90 Å². The van der Waals surface area contributed by atoms with Crippen molar-refractivity contribution in [1.82, 2.24) is 4.90 Å². The second-order valence-electron chi connectivity index (χ2n) is 7.29. The lowest BCUT2D eigenvalue weighted by Gasteiger charge is -2.34. The monoisotopic (exact) mass is 458 g/mol. The predicted octanol–water partition coefficient (Wildman–Crippen LogP) is 3.58. The smallest absolute Gasteiger partial charge is 0.282 e. The van der Waals surface area contributed by atoms with Crippen LogP contribution in [0, 0.1) is 11.7 Å². The van der Waals surface area contributed by atoms with Crippen molar-refractivity contribution >= 4 is 39.0 Å². The highest BCUT2D eigenvalue weighted by Crippen LogP contribution is 2.36. The second-order valence-corrected chi connectivity index (χ2v) is 8.21. The van der Waals surface area contributed by atoms with Gasteiger partial charge in [0.1, 0.15) is 11.5 Å². The Balaban J connectivity index is 1.80. The van der Waals surface area contributed by atoms with Crippen molar-refractivity contribution in [3.05, 3.63) is 70.1 Å². The van der Waals surface area contributed by atoms with Gasteiger partial charge in [-0.25, -0.2) is 9.29 Å². The van der Waals surface area contributed by atoms with Crippen LogP contribution in [-0.2, 0) is 9.59 Å². The lowest BCUT2D eigenvalue weighted by Crippen LogP contribution is -2.40. The van der Waals surface area contributed by atoms with Gasteiger partial charge in [-0.3, -0.25) is 9.59 Å². The third kappa shape index (κ3) is 3.72. The first-order valence-electron chi connectivity index (χ1n) is 9.50. The molecular formula is C22H20BrFN2O3. The molecular weight excluding hydrogens is 439 g/mol. The Kier molecular flexibility index (Phi) is 5.52. The largest absolute Gasteiger partial charge is 0.396 e. The summed E-state index contributed by atoms with van der Waals surface area (Å²) in [5.41, 5.74) is 1.58. The van der Waals surface area contributed by atoms with Gasteiger partial charge in [-0.15, -0.1) is 0 Å². The van der Waals surface area contributed by atoms with E-state index in [1.54, 1.807) is 24.3 Å². The van der Waals surface area contributed by atoms with Gasteiger partial charge in [-0.1, -0.05) is 28.1 Å². The van der Waals surface area contributed by atoms with Crippen LogP contribution in [0.3, 0.4) is 0 Å². The Bertz CT molecular complexity index is 973. The van der Waals surface area contributed by atoms with E-state index in [0.29, 0.717) is 30.0 Å². The summed E-state index contributed by atoms with van der Waals surface area (Å²) >= 11 is 3.36. The minimum absolute atomic E-state index is 0.0359. The lowest BCUT2D eigenvalue weighted by atomic mass is 9.97. The number of halogens is 2. The number of nitrogens with zero attached hydrogens (tertiary/aromatic N) is 2. The minimum Gasteiger partial charge on any atom is -0.396 e. The minimum atomic E-state index is -0.426. The molecule has 7 heteroatoms. The highest BCUT2D eigenvalue weighted by molar-refractivity contribution is 9.10. The molecule has 2 aliphatic rings. The van der Waals surface area contributed by atoms with E-state index in [9.17, 15) is 19.1 Å². The molecule has 0 aromatic heterocycles. The number of carbonyl (C=O) groups excluding carboxylic acids is 2. The van der Waals surface area contributed by atoms with E-state index in [1.807, 2.05) is 4.90 Å². The van der Waals surface area contributed by atoms with E-state index in [4.69, 9.17) is 0 Å². The van der Waals surface area contributed by atoms with Crippen LogP contribution in [0.4, 0.5) is 10.1 Å². The van der Waals surface area contributed by atoms with Crippen LogP contribution in [0.1, 0.15) is 18.4 Å². The number of piperidine rings is 1. The van der Waals surface area contributed by atoms with Crippen LogP contribution in [0.5, 0.6) is 0 Å². The van der Waals surface area contributed by atoms with Gasteiger partial charge in [0.2, 0.25) is 0 Å². The number of hydrogen-bond donors (Lipinski definition) is 1. The van der Waals surface area contributed by atoms with E-state index >= 15 is 0 Å². The Hall–Kier alpha value is -2.51. The van der Waals surface area contributed by atoms with E-state index < -0.39 is 17.6 Å². The van der Waals surface area contributed by atoms with Crippen LogP contribution in [0.2, 0.25) is 0 Å². The van der Waals surface area contributed by atoms with Gasteiger partial charge in [-0.2, -0.15) is 0 Å². The fraction of sp³-hybridized carbons (Fsp3) is 0.273. The highest BCUT2D eigenvalue weighted by Gasteiger charge is 2.43. The molecule has 1 atom stereocenters. The zero-order chi connectivity index (χ0) is 20.5. The Morgan fingerprint density at radius 1 is 1.03 bits per heavy atom. The number of aliphatic hydroxyl groups is 1. The van der Waals surface area contributed by atoms with E-state index in [0.717, 1.165) is 17.3 Å². The average Bonchev–Trinajstić information content (AvgIpc) is 2.99. The summed E-state index contributed by atoms with van der Waals surface area (Å²) < 4.78 is 14.3. The van der Waals surface area contributed by atoms with Gasteiger partial charge in [0, 0.05) is 24.2 Å². The van der Waals surface area contributed by atoms with Crippen LogP contribution in [0.25, 0.3) is 5.57 Å². The molecule has 1 saturated heterocycles. The van der Waals surface area contributed by atoms with E-state index in [1.165, 1.54) is 29.2 Å². The molecule has 4 rings (SSSR count). The number of benzene rings is 2. The number of imide groups is 1. The fourth-order valence-corrected chi connectivity index (χ4v) is 4.19. The van der Waals surface area contributed by atoms with Crippen LogP contribution in [0.15, 0.2) is 58.7 Å². The quantitative estimate of drug-likeness (QED) is 0.711. The van der Waals surface area contributed by atoms with Gasteiger partial charge >= 0.3 is 0 Å². The number of likely N-dealkylation sites (tertiary alicyclic amines) is 1. The molecule has 2 aromatic rings. The summed E-state index contributed by atoms with van der Waals surface area (Å²) in [4.78, 5) is 29.8. The van der Waals surface area contributed by atoms with E-state index in [-0.39, 0.29) is 18.1 Å². The Morgan fingerprint density at radius 3 is 2.38 bits per heavy atom. The summed E-state index contributed by atoms with van der Waals surface area (Å²) in [6.45, 7) is 1.17. The van der Waals surface area contributed by atoms with Gasteiger partial charge in [-0.05, 0) is 60.7 Å². The zero-order valence-corrected chi connectivity index (χ0v) is 17.2. The van der Waals surface area contributed by atoms with Crippen LogP contribution in [-0.4, -0.2) is 41.5 Å². The van der Waals surface area contributed by atoms with Crippen LogP contribution >= 0.6 is 15.9 Å². The zero-order valence-electron chi connectivity index (χ0n) is 15.6. The van der Waals surface area contributed by atoms with Crippen molar-refractivity contribution < 1.29 is 19.1 Å². The molecule has 0 aliphatic carbocycles. The first-order chi connectivity index (χ1) is 14.0. The number of carbonyl (C=O) groups is 2. The number of rotatable bonds is 4. The molecule has 5 nitrogen and oxygen atoms in total. The molecule has 1 N–H and O–H groups in total.